The van der Waals surface area contributed by atoms with Crippen LogP contribution >= 0.6 is 0 Å². The van der Waals surface area contributed by atoms with Gasteiger partial charge in [0.15, 0.2) is 0 Å². The lowest BCUT2D eigenvalue weighted by Crippen LogP contribution is -2.03. The minimum Gasteiger partial charge on any atom is -0.0628 e. The van der Waals surface area contributed by atoms with Crippen LogP contribution in [0.15, 0.2) is 0 Å². The van der Waals surface area contributed by atoms with Crippen LogP contribution in [0.1, 0.15) is 118 Å². The van der Waals surface area contributed by atoms with Crippen molar-refractivity contribution in [3.05, 3.63) is 0 Å². The SMILES string of the molecule is CC(C)CCCCCCCCCCCCCC(C)(C)C. The van der Waals surface area contributed by atoms with Gasteiger partial charge in [-0.3, -0.25) is 0 Å². The molecular formula is C20H42. The van der Waals surface area contributed by atoms with Crippen molar-refractivity contribution in [3.8, 4) is 0 Å². The van der Waals surface area contributed by atoms with Crippen molar-refractivity contribution in [1.82, 2.24) is 0 Å². The molecule has 0 aliphatic carbocycles. The van der Waals surface area contributed by atoms with Crippen LogP contribution in [0.25, 0.3) is 0 Å². The fourth-order valence-corrected chi connectivity index (χ4v) is 2.80. The summed E-state index contributed by atoms with van der Waals surface area (Å²) in [6, 6.07) is 0. The molecule has 0 heterocycles. The summed E-state index contributed by atoms with van der Waals surface area (Å²) in [6.45, 7) is 11.7. The second kappa shape index (κ2) is 12.7. The fourth-order valence-electron chi connectivity index (χ4n) is 2.80. The lowest BCUT2D eigenvalue weighted by Gasteiger charge is -2.17. The highest BCUT2D eigenvalue weighted by Gasteiger charge is 2.08. The van der Waals surface area contributed by atoms with Crippen molar-refractivity contribution in [3.63, 3.8) is 0 Å². The Morgan fingerprint density at radius 2 is 0.900 bits per heavy atom. The van der Waals surface area contributed by atoms with Gasteiger partial charge in [0.25, 0.3) is 0 Å². The average Bonchev–Trinajstić information content (AvgIpc) is 2.33. The molecule has 0 rings (SSSR count). The monoisotopic (exact) mass is 282 g/mol. The smallest absolute Gasteiger partial charge is 0.0383 e. The maximum absolute atomic E-state index is 2.36. The summed E-state index contributed by atoms with van der Waals surface area (Å²) >= 11 is 0. The van der Waals surface area contributed by atoms with E-state index < -0.39 is 0 Å². The number of hydrogen-bond acceptors (Lipinski definition) is 0. The van der Waals surface area contributed by atoms with E-state index in [4.69, 9.17) is 0 Å². The highest BCUT2D eigenvalue weighted by atomic mass is 14.1. The third-order valence-electron chi connectivity index (χ3n) is 4.21. The van der Waals surface area contributed by atoms with Gasteiger partial charge in [-0.1, -0.05) is 112 Å². The molecule has 0 aromatic heterocycles. The lowest BCUT2D eigenvalue weighted by atomic mass is 9.89. The van der Waals surface area contributed by atoms with Gasteiger partial charge in [-0.05, 0) is 17.8 Å². The summed E-state index contributed by atoms with van der Waals surface area (Å²) in [5.41, 5.74) is 0.537. The molecule has 0 saturated heterocycles. The van der Waals surface area contributed by atoms with E-state index >= 15 is 0 Å². The lowest BCUT2D eigenvalue weighted by molar-refractivity contribution is 0.356. The molecule has 0 heteroatoms. The van der Waals surface area contributed by atoms with Gasteiger partial charge in [-0.2, -0.15) is 0 Å². The van der Waals surface area contributed by atoms with Crippen molar-refractivity contribution in [2.75, 3.05) is 0 Å². The Labute approximate surface area is 130 Å². The molecule has 0 fully saturated rings. The van der Waals surface area contributed by atoms with Crippen molar-refractivity contribution < 1.29 is 0 Å². The minimum atomic E-state index is 0.537. The van der Waals surface area contributed by atoms with Gasteiger partial charge in [0.1, 0.15) is 0 Å². The summed E-state index contributed by atoms with van der Waals surface area (Å²) in [6.07, 6.45) is 18.9. The van der Waals surface area contributed by atoms with Gasteiger partial charge >= 0.3 is 0 Å². The van der Waals surface area contributed by atoms with E-state index in [0.717, 1.165) is 5.92 Å². The second-order valence-corrected chi connectivity index (χ2v) is 8.38. The molecule has 0 spiro atoms. The van der Waals surface area contributed by atoms with Gasteiger partial charge in [-0.25, -0.2) is 0 Å². The van der Waals surface area contributed by atoms with Crippen LogP contribution in [0, 0.1) is 11.3 Å². The first kappa shape index (κ1) is 20.0. The zero-order chi connectivity index (χ0) is 15.3. The Balaban J connectivity index is 3.03. The average molecular weight is 283 g/mol. The predicted molar refractivity (Wildman–Crippen MR) is 94.3 cm³/mol. The van der Waals surface area contributed by atoms with E-state index in [2.05, 4.69) is 34.6 Å². The molecule has 0 bridgehead atoms. The Morgan fingerprint density at radius 1 is 0.550 bits per heavy atom. The molecular weight excluding hydrogens is 240 g/mol. The van der Waals surface area contributed by atoms with E-state index in [-0.39, 0.29) is 0 Å². The number of rotatable bonds is 13. The summed E-state index contributed by atoms with van der Waals surface area (Å²) in [7, 11) is 0. The first-order valence-corrected chi connectivity index (χ1v) is 9.42. The van der Waals surface area contributed by atoms with Gasteiger partial charge in [0, 0.05) is 0 Å². The fraction of sp³-hybridized carbons (Fsp3) is 1.00. The van der Waals surface area contributed by atoms with Crippen LogP contribution in [0.4, 0.5) is 0 Å². The topological polar surface area (TPSA) is 0 Å². The Kier molecular flexibility index (Phi) is 12.7. The molecule has 0 N–H and O–H groups in total. The third-order valence-corrected chi connectivity index (χ3v) is 4.21. The van der Waals surface area contributed by atoms with Gasteiger partial charge in [0.2, 0.25) is 0 Å². The second-order valence-electron chi connectivity index (χ2n) is 8.38. The van der Waals surface area contributed by atoms with E-state index in [1.165, 1.54) is 83.5 Å². The summed E-state index contributed by atoms with van der Waals surface area (Å²) in [5.74, 6) is 0.897. The molecule has 0 saturated carbocycles. The molecule has 0 radical (unpaired) electrons. The predicted octanol–water partition coefficient (Wildman–Crippen LogP) is 7.76. The Morgan fingerprint density at radius 3 is 1.25 bits per heavy atom. The van der Waals surface area contributed by atoms with Crippen molar-refractivity contribution in [1.29, 1.82) is 0 Å². The normalized spacial score (nSPS) is 12.3. The molecule has 0 unspecified atom stereocenters. The zero-order valence-electron chi connectivity index (χ0n) is 15.3. The molecule has 0 nitrogen and oxygen atoms in total. The first-order chi connectivity index (χ1) is 9.42. The Bertz CT molecular complexity index is 185. The highest BCUT2D eigenvalue weighted by molar-refractivity contribution is 4.61. The number of hydrogen-bond donors (Lipinski definition) is 0. The third kappa shape index (κ3) is 18.0. The van der Waals surface area contributed by atoms with Gasteiger partial charge in [0.05, 0.1) is 0 Å². The van der Waals surface area contributed by atoms with E-state index in [1.807, 2.05) is 0 Å². The van der Waals surface area contributed by atoms with Crippen LogP contribution in [-0.2, 0) is 0 Å². The van der Waals surface area contributed by atoms with Crippen molar-refractivity contribution in [2.24, 2.45) is 11.3 Å². The molecule has 20 heavy (non-hydrogen) atoms. The molecule has 0 atom stereocenters. The largest absolute Gasteiger partial charge is 0.0628 e. The maximum atomic E-state index is 2.36. The summed E-state index contributed by atoms with van der Waals surface area (Å²) < 4.78 is 0. The van der Waals surface area contributed by atoms with Crippen LogP contribution in [0.3, 0.4) is 0 Å². The zero-order valence-corrected chi connectivity index (χ0v) is 15.3. The first-order valence-electron chi connectivity index (χ1n) is 9.42. The van der Waals surface area contributed by atoms with Gasteiger partial charge in [-0.15, -0.1) is 0 Å². The summed E-state index contributed by atoms with van der Waals surface area (Å²) in [5, 5.41) is 0. The maximum Gasteiger partial charge on any atom is -0.0383 e. The van der Waals surface area contributed by atoms with Crippen LogP contribution in [0.2, 0.25) is 0 Å². The minimum absolute atomic E-state index is 0.537. The van der Waals surface area contributed by atoms with E-state index in [0.29, 0.717) is 5.41 Å². The van der Waals surface area contributed by atoms with Crippen LogP contribution < -0.4 is 0 Å². The highest BCUT2D eigenvalue weighted by Crippen LogP contribution is 2.22. The molecule has 0 aromatic rings. The van der Waals surface area contributed by atoms with E-state index in [9.17, 15) is 0 Å². The Hall–Kier alpha value is 0. The van der Waals surface area contributed by atoms with Gasteiger partial charge < -0.3 is 0 Å². The molecule has 122 valence electrons. The van der Waals surface area contributed by atoms with E-state index in [1.54, 1.807) is 0 Å². The molecule has 0 aliphatic rings. The molecule has 0 aliphatic heterocycles. The van der Waals surface area contributed by atoms with Crippen molar-refractivity contribution >= 4 is 0 Å². The number of unbranched alkanes of at least 4 members (excludes halogenated alkanes) is 10. The van der Waals surface area contributed by atoms with Crippen LogP contribution in [0.5, 0.6) is 0 Å². The quantitative estimate of drug-likeness (QED) is 0.303. The molecule has 0 aromatic carbocycles. The standard InChI is InChI=1S/C20H42/c1-19(2)17-15-13-11-9-7-6-8-10-12-14-16-18-20(3,4)5/h19H,6-18H2,1-5H3. The summed E-state index contributed by atoms with van der Waals surface area (Å²) in [4.78, 5) is 0. The van der Waals surface area contributed by atoms with Crippen molar-refractivity contribution in [2.45, 2.75) is 118 Å². The molecule has 0 amide bonds. The van der Waals surface area contributed by atoms with Crippen LogP contribution in [-0.4, -0.2) is 0 Å².